The van der Waals surface area contributed by atoms with Crippen LogP contribution in [0.5, 0.6) is 0 Å². The average molecular weight is 557 g/mol. The molecule has 0 atom stereocenters. The lowest BCUT2D eigenvalue weighted by Gasteiger charge is -2.33. The first-order valence-corrected chi connectivity index (χ1v) is 14.0. The van der Waals surface area contributed by atoms with Crippen molar-refractivity contribution in [3.05, 3.63) is 54.3 Å². The number of nitrogens with zero attached hydrogens (tertiary/aromatic N) is 10. The second-order valence-corrected chi connectivity index (χ2v) is 10.3. The fourth-order valence-corrected chi connectivity index (χ4v) is 5.63. The number of rotatable bonds is 6. The van der Waals surface area contributed by atoms with Gasteiger partial charge >= 0.3 is 0 Å². The smallest absolute Gasteiger partial charge is 0.290 e. The number of para-hydroxylation sites is 2. The first-order chi connectivity index (χ1) is 20.1. The van der Waals surface area contributed by atoms with Crippen molar-refractivity contribution < 1.29 is 13.9 Å². The highest BCUT2D eigenvalue weighted by atomic mass is 16.5. The summed E-state index contributed by atoms with van der Waals surface area (Å²) < 4.78 is 14.8. The summed E-state index contributed by atoms with van der Waals surface area (Å²) in [6.07, 6.45) is 3.96. The molecule has 6 heterocycles. The van der Waals surface area contributed by atoms with E-state index in [0.717, 1.165) is 36.4 Å². The number of morpholine rings is 1. The third-order valence-corrected chi connectivity index (χ3v) is 7.84. The fraction of sp³-hybridized carbons (Fsp3) is 0.429. The maximum Gasteiger partial charge on any atom is 0.290 e. The first kappa shape index (κ1) is 25.6. The average Bonchev–Trinajstić information content (AvgIpc) is 3.75. The number of imidazole rings is 2. The van der Waals surface area contributed by atoms with E-state index in [4.69, 9.17) is 29.1 Å². The summed E-state index contributed by atoms with van der Waals surface area (Å²) in [4.78, 5) is 44.0. The van der Waals surface area contributed by atoms with Crippen molar-refractivity contribution in [2.75, 3.05) is 57.4 Å². The van der Waals surface area contributed by atoms with Crippen molar-refractivity contribution in [3.8, 4) is 5.95 Å². The predicted molar refractivity (Wildman–Crippen MR) is 151 cm³/mol. The van der Waals surface area contributed by atoms with E-state index in [1.165, 1.54) is 0 Å². The summed E-state index contributed by atoms with van der Waals surface area (Å²) in [6, 6.07) is 8.00. The number of amides is 1. The number of hydrogen-bond donors (Lipinski definition) is 0. The molecule has 0 unspecified atom stereocenters. The summed E-state index contributed by atoms with van der Waals surface area (Å²) in [5, 5.41) is 0. The number of carbonyl (C=O) groups excluding carboxylic acids is 1. The molecule has 0 spiro atoms. The highest BCUT2D eigenvalue weighted by Crippen LogP contribution is 2.29. The number of anilines is 1. The van der Waals surface area contributed by atoms with Crippen molar-refractivity contribution in [3.63, 3.8) is 0 Å². The molecule has 2 saturated heterocycles. The second kappa shape index (κ2) is 10.6. The lowest BCUT2D eigenvalue weighted by atomic mass is 10.3. The predicted octanol–water partition coefficient (Wildman–Crippen LogP) is 2.05. The number of aromatic nitrogens is 7. The monoisotopic (exact) mass is 556 g/mol. The largest absolute Gasteiger partial charge is 0.448 e. The van der Waals surface area contributed by atoms with Crippen LogP contribution in [0.15, 0.2) is 41.1 Å². The Hall–Kier alpha value is -4.36. The normalized spacial score (nSPS) is 16.7. The molecule has 7 rings (SSSR count). The fourth-order valence-electron chi connectivity index (χ4n) is 5.63. The Morgan fingerprint density at radius 1 is 0.976 bits per heavy atom. The number of oxazole rings is 1. The Morgan fingerprint density at radius 2 is 1.78 bits per heavy atom. The SMILES string of the molecule is CCc1nc2ccccc2n1-c1nc(N2CCOCC2)c2nc(C(=O)N3CCN(Cc4ncco4)CC3)n(C)c2n1. The zero-order valence-corrected chi connectivity index (χ0v) is 23.2. The van der Waals surface area contributed by atoms with Crippen molar-refractivity contribution >= 4 is 33.9 Å². The molecule has 0 saturated carbocycles. The second-order valence-electron chi connectivity index (χ2n) is 10.3. The van der Waals surface area contributed by atoms with E-state index >= 15 is 0 Å². The minimum Gasteiger partial charge on any atom is -0.448 e. The van der Waals surface area contributed by atoms with Crippen molar-refractivity contribution in [2.24, 2.45) is 7.05 Å². The summed E-state index contributed by atoms with van der Waals surface area (Å²) in [6.45, 7) is 7.93. The van der Waals surface area contributed by atoms with Gasteiger partial charge in [-0.25, -0.2) is 15.0 Å². The number of benzene rings is 1. The van der Waals surface area contributed by atoms with E-state index in [9.17, 15) is 4.79 Å². The van der Waals surface area contributed by atoms with Gasteiger partial charge in [0, 0.05) is 52.7 Å². The van der Waals surface area contributed by atoms with Crippen molar-refractivity contribution in [2.45, 2.75) is 19.9 Å². The maximum absolute atomic E-state index is 13.8. The van der Waals surface area contributed by atoms with Crippen LogP contribution in [0.4, 0.5) is 5.82 Å². The van der Waals surface area contributed by atoms with Crippen LogP contribution in [0.2, 0.25) is 0 Å². The van der Waals surface area contributed by atoms with Gasteiger partial charge in [-0.15, -0.1) is 0 Å². The van der Waals surface area contributed by atoms with Crippen molar-refractivity contribution in [1.82, 2.24) is 43.9 Å². The molecule has 2 fully saturated rings. The van der Waals surface area contributed by atoms with Gasteiger partial charge in [-0.05, 0) is 12.1 Å². The van der Waals surface area contributed by atoms with E-state index < -0.39 is 0 Å². The minimum absolute atomic E-state index is 0.113. The number of fused-ring (bicyclic) bond motifs is 2. The van der Waals surface area contributed by atoms with Crippen LogP contribution in [-0.2, 0) is 24.8 Å². The first-order valence-electron chi connectivity index (χ1n) is 14.0. The number of ether oxygens (including phenoxy) is 1. The Bertz CT molecular complexity index is 1700. The molecule has 0 N–H and O–H groups in total. The summed E-state index contributed by atoms with van der Waals surface area (Å²) in [7, 11) is 1.86. The van der Waals surface area contributed by atoms with Crippen LogP contribution in [0.25, 0.3) is 28.1 Å². The van der Waals surface area contributed by atoms with Gasteiger partial charge in [0.25, 0.3) is 5.91 Å². The zero-order chi connectivity index (χ0) is 27.9. The number of carbonyl (C=O) groups is 1. The van der Waals surface area contributed by atoms with E-state index in [2.05, 4.69) is 21.7 Å². The number of aryl methyl sites for hydroxylation is 2. The van der Waals surface area contributed by atoms with Gasteiger partial charge in [0.05, 0.1) is 37.0 Å². The molecule has 4 aromatic heterocycles. The molecule has 5 aromatic rings. The van der Waals surface area contributed by atoms with Crippen LogP contribution < -0.4 is 4.90 Å². The quantitative estimate of drug-likeness (QED) is 0.307. The Morgan fingerprint density at radius 3 is 2.54 bits per heavy atom. The van der Waals surface area contributed by atoms with E-state index in [1.807, 2.05) is 40.8 Å². The number of hydrogen-bond acceptors (Lipinski definition) is 10. The molecule has 2 aliphatic rings. The van der Waals surface area contributed by atoms with Gasteiger partial charge in [0.1, 0.15) is 12.1 Å². The molecular formula is C28H32N10O3. The van der Waals surface area contributed by atoms with Crippen LogP contribution in [0.1, 0.15) is 29.3 Å². The van der Waals surface area contributed by atoms with E-state index in [-0.39, 0.29) is 5.91 Å². The molecule has 0 bridgehead atoms. The molecule has 2 aliphatic heterocycles. The van der Waals surface area contributed by atoms with E-state index in [0.29, 0.717) is 80.6 Å². The summed E-state index contributed by atoms with van der Waals surface area (Å²) in [5.41, 5.74) is 3.07. The Kier molecular flexibility index (Phi) is 6.59. The zero-order valence-electron chi connectivity index (χ0n) is 23.2. The van der Waals surface area contributed by atoms with Crippen LogP contribution in [-0.4, -0.2) is 102 Å². The lowest BCUT2D eigenvalue weighted by Crippen LogP contribution is -2.48. The lowest BCUT2D eigenvalue weighted by molar-refractivity contribution is 0.0603. The molecule has 1 amide bonds. The topological polar surface area (TPSA) is 123 Å². The van der Waals surface area contributed by atoms with Gasteiger partial charge in [0.2, 0.25) is 17.7 Å². The molecule has 0 aliphatic carbocycles. The highest BCUT2D eigenvalue weighted by Gasteiger charge is 2.30. The third kappa shape index (κ3) is 4.60. The molecule has 0 radical (unpaired) electrons. The third-order valence-electron chi connectivity index (χ3n) is 7.84. The maximum atomic E-state index is 13.8. The molecule has 41 heavy (non-hydrogen) atoms. The van der Waals surface area contributed by atoms with Crippen LogP contribution in [0.3, 0.4) is 0 Å². The van der Waals surface area contributed by atoms with Crippen molar-refractivity contribution in [1.29, 1.82) is 0 Å². The Balaban J connectivity index is 1.26. The molecule has 13 heteroatoms. The highest BCUT2D eigenvalue weighted by molar-refractivity contribution is 5.96. The summed E-state index contributed by atoms with van der Waals surface area (Å²) >= 11 is 0. The standard InChI is InChI=1S/C28H32N10O3/c1-3-21-30-19-6-4-5-7-20(19)38(21)28-32-24-23(25(33-28)36-13-16-40-17-14-36)31-26(34(24)2)27(39)37-11-9-35(10-12-37)18-22-29-8-15-41-22/h4-8,15H,3,9-14,16-18H2,1-2H3. The van der Waals surface area contributed by atoms with E-state index in [1.54, 1.807) is 17.0 Å². The van der Waals surface area contributed by atoms with Gasteiger partial charge < -0.3 is 23.5 Å². The summed E-state index contributed by atoms with van der Waals surface area (Å²) in [5.74, 6) is 3.03. The van der Waals surface area contributed by atoms with Crippen LogP contribution in [0, 0.1) is 0 Å². The van der Waals surface area contributed by atoms with Gasteiger partial charge in [-0.1, -0.05) is 19.1 Å². The Labute approximate surface area is 236 Å². The van der Waals surface area contributed by atoms with Gasteiger partial charge in [-0.2, -0.15) is 9.97 Å². The number of piperazine rings is 1. The molecule has 13 nitrogen and oxygen atoms in total. The van der Waals surface area contributed by atoms with Gasteiger partial charge in [-0.3, -0.25) is 14.3 Å². The van der Waals surface area contributed by atoms with Crippen LogP contribution >= 0.6 is 0 Å². The minimum atomic E-state index is -0.113. The molecule has 212 valence electrons. The molecular weight excluding hydrogens is 524 g/mol. The molecule has 1 aromatic carbocycles. The van der Waals surface area contributed by atoms with Gasteiger partial charge in [0.15, 0.2) is 17.0 Å².